The molecule has 1 saturated carbocycles. The lowest BCUT2D eigenvalue weighted by Crippen LogP contribution is -2.40. The molecule has 1 fully saturated rings. The van der Waals surface area contributed by atoms with Crippen LogP contribution in [-0.4, -0.2) is 59.5 Å². The molecule has 4 bridgehead atoms. The molecular formula is C26H29F3N6O5S. The lowest BCUT2D eigenvalue weighted by atomic mass is 10.0. The Balaban J connectivity index is 1.42. The van der Waals surface area contributed by atoms with Crippen molar-refractivity contribution < 1.29 is 35.9 Å². The topological polar surface area (TPSA) is 137 Å². The molecule has 5 rings (SSSR count). The summed E-state index contributed by atoms with van der Waals surface area (Å²) >= 11 is 0. The Labute approximate surface area is 234 Å². The van der Waals surface area contributed by atoms with Gasteiger partial charge in [0.15, 0.2) is 5.82 Å². The summed E-state index contributed by atoms with van der Waals surface area (Å²) in [4.78, 5) is 21.2. The van der Waals surface area contributed by atoms with Crippen LogP contribution in [0.3, 0.4) is 0 Å². The summed E-state index contributed by atoms with van der Waals surface area (Å²) in [6.45, 7) is 3.87. The van der Waals surface area contributed by atoms with Gasteiger partial charge in [0.2, 0.25) is 17.7 Å². The minimum atomic E-state index is -4.27. The molecule has 0 spiro atoms. The van der Waals surface area contributed by atoms with E-state index in [1.807, 2.05) is 13.8 Å². The predicted molar refractivity (Wildman–Crippen MR) is 140 cm³/mol. The fourth-order valence-electron chi connectivity index (χ4n) is 4.51. The predicted octanol–water partition coefficient (Wildman–Crippen LogP) is 4.11. The van der Waals surface area contributed by atoms with Gasteiger partial charge < -0.3 is 14.8 Å². The number of nitrogens with one attached hydrogen (secondary N) is 2. The van der Waals surface area contributed by atoms with Crippen molar-refractivity contribution in [3.05, 3.63) is 48.2 Å². The Hall–Kier alpha value is -3.88. The standard InChI is InChI=1S/C26H29F3N6O5S/c1-16(2)12-18-15-40-22-14-20(35-10-6-21(33-35)39-11-9-25(7-8-25)26(27,28)29)31-24(32-22)34-41(37,38)19-5-3-4-17(13-19)23(36)30-18/h3-6,10,13-14,16,18H,7-9,11-12,15H2,1-2H3,(H,30,36)(H,31,32,34)/t18-/m1/s1. The number of halogens is 3. The fraction of sp³-hybridized carbons (Fsp3) is 0.462. The van der Waals surface area contributed by atoms with Gasteiger partial charge in [-0.05, 0) is 49.8 Å². The number of ether oxygens (including phenoxy) is 2. The van der Waals surface area contributed by atoms with E-state index in [0.29, 0.717) is 6.42 Å². The van der Waals surface area contributed by atoms with Crippen LogP contribution in [0.4, 0.5) is 19.1 Å². The van der Waals surface area contributed by atoms with Crippen molar-refractivity contribution in [2.45, 2.75) is 56.6 Å². The number of nitrogens with zero attached hydrogens (tertiary/aromatic N) is 4. The average molecular weight is 595 g/mol. The minimum absolute atomic E-state index is 0.0143. The number of amides is 1. The summed E-state index contributed by atoms with van der Waals surface area (Å²) in [5.74, 6) is -0.321. The molecule has 1 aliphatic heterocycles. The fourth-order valence-corrected chi connectivity index (χ4v) is 5.50. The lowest BCUT2D eigenvalue weighted by Gasteiger charge is -2.21. The maximum atomic E-state index is 13.2. The van der Waals surface area contributed by atoms with Gasteiger partial charge in [-0.25, -0.2) is 17.8 Å². The van der Waals surface area contributed by atoms with Gasteiger partial charge in [-0.1, -0.05) is 19.9 Å². The maximum absolute atomic E-state index is 13.2. The summed E-state index contributed by atoms with van der Waals surface area (Å²) in [6, 6.07) is 8.05. The first-order valence-electron chi connectivity index (χ1n) is 13.0. The smallest absolute Gasteiger partial charge is 0.394 e. The summed E-state index contributed by atoms with van der Waals surface area (Å²) in [6.07, 6.45) is -2.21. The highest BCUT2D eigenvalue weighted by molar-refractivity contribution is 7.92. The Morgan fingerprint density at radius 2 is 1.98 bits per heavy atom. The number of hydrogen-bond acceptors (Lipinski definition) is 8. The van der Waals surface area contributed by atoms with E-state index in [9.17, 15) is 26.4 Å². The van der Waals surface area contributed by atoms with E-state index in [0.717, 1.165) is 0 Å². The van der Waals surface area contributed by atoms with Crippen molar-refractivity contribution in [2.75, 3.05) is 17.9 Å². The third-order valence-electron chi connectivity index (χ3n) is 6.93. The number of hydrogen-bond donors (Lipinski definition) is 2. The van der Waals surface area contributed by atoms with Gasteiger partial charge in [0.05, 0.1) is 23.0 Å². The van der Waals surface area contributed by atoms with Crippen LogP contribution in [0.15, 0.2) is 47.5 Å². The largest absolute Gasteiger partial charge is 0.477 e. The molecule has 11 nitrogen and oxygen atoms in total. The van der Waals surface area contributed by atoms with E-state index in [-0.39, 0.29) is 72.4 Å². The van der Waals surface area contributed by atoms with Crippen LogP contribution in [0.1, 0.15) is 49.9 Å². The van der Waals surface area contributed by atoms with E-state index in [1.54, 1.807) is 0 Å². The van der Waals surface area contributed by atoms with Crippen molar-refractivity contribution in [1.29, 1.82) is 0 Å². The van der Waals surface area contributed by atoms with Crippen LogP contribution in [0.2, 0.25) is 0 Å². The van der Waals surface area contributed by atoms with Crippen molar-refractivity contribution in [3.8, 4) is 17.6 Å². The molecule has 1 aliphatic carbocycles. The van der Waals surface area contributed by atoms with Crippen molar-refractivity contribution in [2.24, 2.45) is 11.3 Å². The SMILES string of the molecule is CC(C)C[C@@H]1COc2cc(-n3ccc(OCCC4(C(F)(F)F)CC4)n3)nc(n2)NS(=O)(=O)c2cccc(c2)C(=O)N1. The molecule has 0 radical (unpaired) electrons. The van der Waals surface area contributed by atoms with Crippen LogP contribution in [-0.2, 0) is 10.0 Å². The highest BCUT2D eigenvalue weighted by atomic mass is 32.2. The van der Waals surface area contributed by atoms with Gasteiger partial charge in [0.25, 0.3) is 15.9 Å². The van der Waals surface area contributed by atoms with E-state index >= 15 is 0 Å². The Kier molecular flexibility index (Phi) is 7.57. The van der Waals surface area contributed by atoms with Crippen LogP contribution >= 0.6 is 0 Å². The van der Waals surface area contributed by atoms with Gasteiger partial charge in [0, 0.05) is 23.9 Å². The number of carbonyl (C=O) groups is 1. The van der Waals surface area contributed by atoms with Gasteiger partial charge in [-0.3, -0.25) is 4.79 Å². The number of anilines is 1. The number of aromatic nitrogens is 4. The molecule has 2 aromatic heterocycles. The normalized spacial score (nSPS) is 19.6. The first-order valence-corrected chi connectivity index (χ1v) is 14.5. The highest BCUT2D eigenvalue weighted by Gasteiger charge is 2.62. The van der Waals surface area contributed by atoms with E-state index in [4.69, 9.17) is 9.47 Å². The van der Waals surface area contributed by atoms with Crippen LogP contribution in [0, 0.1) is 11.3 Å². The van der Waals surface area contributed by atoms with Gasteiger partial charge in [-0.15, -0.1) is 5.10 Å². The van der Waals surface area contributed by atoms with Gasteiger partial charge >= 0.3 is 6.18 Å². The maximum Gasteiger partial charge on any atom is 0.394 e. The van der Waals surface area contributed by atoms with E-state index in [1.165, 1.54) is 47.3 Å². The molecule has 3 aromatic rings. The monoisotopic (exact) mass is 594 g/mol. The second-order valence-corrected chi connectivity index (χ2v) is 12.3. The number of benzene rings is 1. The van der Waals surface area contributed by atoms with Crippen molar-refractivity contribution in [3.63, 3.8) is 0 Å². The molecule has 1 amide bonds. The molecule has 2 aliphatic rings. The molecular weight excluding hydrogens is 565 g/mol. The average Bonchev–Trinajstić information content (AvgIpc) is 3.56. The van der Waals surface area contributed by atoms with Crippen LogP contribution < -0.4 is 19.5 Å². The summed E-state index contributed by atoms with van der Waals surface area (Å²) in [7, 11) is -4.20. The zero-order valence-corrected chi connectivity index (χ0v) is 23.1. The molecule has 0 saturated heterocycles. The summed E-state index contributed by atoms with van der Waals surface area (Å²) < 4.78 is 80.8. The Morgan fingerprint density at radius 3 is 2.68 bits per heavy atom. The van der Waals surface area contributed by atoms with Gasteiger partial charge in [0.1, 0.15) is 6.61 Å². The number of carbonyl (C=O) groups excluding carboxylic acids is 1. The molecule has 3 heterocycles. The Morgan fingerprint density at radius 1 is 1.20 bits per heavy atom. The molecule has 41 heavy (non-hydrogen) atoms. The zero-order valence-electron chi connectivity index (χ0n) is 22.3. The third-order valence-corrected chi connectivity index (χ3v) is 8.26. The molecule has 1 atom stereocenters. The molecule has 0 unspecified atom stereocenters. The summed E-state index contributed by atoms with van der Waals surface area (Å²) in [5.41, 5.74) is -1.52. The molecule has 220 valence electrons. The highest BCUT2D eigenvalue weighted by Crippen LogP contribution is 2.59. The second kappa shape index (κ2) is 10.8. The number of fused-ring (bicyclic) bond motifs is 4. The summed E-state index contributed by atoms with van der Waals surface area (Å²) in [5, 5.41) is 7.12. The number of rotatable bonds is 7. The minimum Gasteiger partial charge on any atom is -0.477 e. The van der Waals surface area contributed by atoms with E-state index in [2.05, 4.69) is 25.1 Å². The van der Waals surface area contributed by atoms with Crippen molar-refractivity contribution in [1.82, 2.24) is 25.1 Å². The quantitative estimate of drug-likeness (QED) is 0.417. The molecule has 2 N–H and O–H groups in total. The zero-order chi connectivity index (χ0) is 29.4. The van der Waals surface area contributed by atoms with E-state index < -0.39 is 33.6 Å². The lowest BCUT2D eigenvalue weighted by molar-refractivity contribution is -0.190. The first-order chi connectivity index (χ1) is 19.3. The van der Waals surface area contributed by atoms with Crippen LogP contribution in [0.5, 0.6) is 11.8 Å². The van der Waals surface area contributed by atoms with Crippen molar-refractivity contribution >= 4 is 21.9 Å². The van der Waals surface area contributed by atoms with Crippen LogP contribution in [0.25, 0.3) is 5.82 Å². The van der Waals surface area contributed by atoms with Gasteiger partial charge in [-0.2, -0.15) is 23.1 Å². The molecule has 15 heteroatoms. The number of sulfonamides is 1. The Bertz CT molecular complexity index is 1540. The number of alkyl halides is 3. The second-order valence-electron chi connectivity index (χ2n) is 10.6. The first kappa shape index (κ1) is 28.6. The molecule has 1 aromatic carbocycles. The third kappa shape index (κ3) is 6.55.